The minimum absolute atomic E-state index is 0.128. The zero-order chi connectivity index (χ0) is 31.5. The van der Waals surface area contributed by atoms with Crippen molar-refractivity contribution >= 4 is 33.1 Å². The number of benzene rings is 2. The quantitative estimate of drug-likeness (QED) is 0.185. The molecule has 7 nitrogen and oxygen atoms in total. The summed E-state index contributed by atoms with van der Waals surface area (Å²) in [6, 6.07) is 13.0. The van der Waals surface area contributed by atoms with Crippen molar-refractivity contribution in [3.63, 3.8) is 0 Å². The minimum Gasteiger partial charge on any atom is -0.297 e. The van der Waals surface area contributed by atoms with Crippen LogP contribution in [0.3, 0.4) is 0 Å². The van der Waals surface area contributed by atoms with Gasteiger partial charge < -0.3 is 0 Å². The zero-order valence-electron chi connectivity index (χ0n) is 20.5. The van der Waals surface area contributed by atoms with Crippen molar-refractivity contribution in [1.82, 2.24) is 0 Å². The molecule has 1 heterocycles. The molecular formula is C20H18F12N3O4P3. The van der Waals surface area contributed by atoms with Crippen LogP contribution in [0.4, 0.5) is 52.7 Å². The van der Waals surface area contributed by atoms with E-state index in [1.807, 2.05) is 0 Å². The van der Waals surface area contributed by atoms with Gasteiger partial charge in [-0.05, 0) is 0 Å². The van der Waals surface area contributed by atoms with Crippen molar-refractivity contribution in [1.29, 1.82) is 0 Å². The summed E-state index contributed by atoms with van der Waals surface area (Å²) < 4.78 is 189. The number of hydrogen-bond acceptors (Lipinski definition) is 7. The molecule has 236 valence electrons. The van der Waals surface area contributed by atoms with Crippen molar-refractivity contribution in [2.75, 3.05) is 26.4 Å². The van der Waals surface area contributed by atoms with E-state index in [1.165, 1.54) is 60.7 Å². The highest BCUT2D eigenvalue weighted by atomic mass is 31.3. The summed E-state index contributed by atoms with van der Waals surface area (Å²) in [5.74, 6) is 0. The van der Waals surface area contributed by atoms with E-state index in [0.29, 0.717) is 0 Å². The standard InChI is InChI=1S/C20H18F12N3O4P3/c21-17(22,23)11-36-41(37-12-18(24,25)26)33-40(15-7-3-1-4-8-15,16-9-5-2-6-10-16)34-42(35-41,38-13-19(27,28)29)39-14-20(30,31)32/h1-10H,11-14H2. The fourth-order valence-electron chi connectivity index (χ4n) is 3.06. The molecule has 0 amide bonds. The first-order valence-electron chi connectivity index (χ1n) is 11.0. The summed E-state index contributed by atoms with van der Waals surface area (Å²) in [6.07, 6.45) is -21.1. The predicted molar refractivity (Wildman–Crippen MR) is 128 cm³/mol. The van der Waals surface area contributed by atoms with Crippen LogP contribution in [0.25, 0.3) is 0 Å². The summed E-state index contributed by atoms with van der Waals surface area (Å²) in [5.41, 5.74) is 0. The van der Waals surface area contributed by atoms with Gasteiger partial charge in [-0.2, -0.15) is 61.7 Å². The molecule has 3 rings (SSSR count). The number of hydrogen-bond donors (Lipinski definition) is 0. The highest BCUT2D eigenvalue weighted by Gasteiger charge is 2.48. The van der Waals surface area contributed by atoms with Gasteiger partial charge in [0.2, 0.25) is 0 Å². The van der Waals surface area contributed by atoms with Crippen LogP contribution in [-0.4, -0.2) is 51.1 Å². The largest absolute Gasteiger partial charge is 0.412 e. The first kappa shape index (κ1) is 34.6. The van der Waals surface area contributed by atoms with E-state index in [-0.39, 0.29) is 10.6 Å². The topological polar surface area (TPSA) is 74.0 Å². The van der Waals surface area contributed by atoms with Crippen LogP contribution in [-0.2, 0) is 18.1 Å². The van der Waals surface area contributed by atoms with E-state index in [2.05, 4.69) is 31.6 Å². The average molecular weight is 685 g/mol. The van der Waals surface area contributed by atoms with Gasteiger partial charge in [-0.25, -0.2) is 0 Å². The van der Waals surface area contributed by atoms with Crippen molar-refractivity contribution in [3.8, 4) is 0 Å². The van der Waals surface area contributed by atoms with Crippen molar-refractivity contribution in [2.24, 2.45) is 13.5 Å². The van der Waals surface area contributed by atoms with Crippen molar-refractivity contribution in [3.05, 3.63) is 60.7 Å². The molecule has 1 aliphatic heterocycles. The molecule has 0 bridgehead atoms. The minimum atomic E-state index is -5.49. The molecule has 0 saturated carbocycles. The lowest BCUT2D eigenvalue weighted by molar-refractivity contribution is -0.163. The monoisotopic (exact) mass is 685 g/mol. The Labute approximate surface area is 229 Å². The van der Waals surface area contributed by atoms with Gasteiger partial charge in [-0.1, -0.05) is 60.7 Å². The lowest BCUT2D eigenvalue weighted by atomic mass is 10.4. The number of rotatable bonds is 10. The van der Waals surface area contributed by atoms with Gasteiger partial charge in [0.1, 0.15) is 7.21 Å². The van der Waals surface area contributed by atoms with Gasteiger partial charge >= 0.3 is 40.0 Å². The molecule has 0 N–H and O–H groups in total. The maximum absolute atomic E-state index is 13.3. The van der Waals surface area contributed by atoms with Crippen molar-refractivity contribution in [2.45, 2.75) is 24.7 Å². The lowest BCUT2D eigenvalue weighted by Crippen LogP contribution is -2.23. The van der Waals surface area contributed by atoms with E-state index < -0.39 is 73.7 Å². The molecule has 0 saturated heterocycles. The van der Waals surface area contributed by atoms with Crippen LogP contribution in [0.2, 0.25) is 0 Å². The van der Waals surface area contributed by atoms with Gasteiger partial charge in [0.25, 0.3) is 0 Å². The molecule has 0 radical (unpaired) electrons. The molecule has 1 aliphatic rings. The summed E-state index contributed by atoms with van der Waals surface area (Å²) in [6.45, 7) is -9.58. The molecule has 0 aliphatic carbocycles. The average Bonchev–Trinajstić information content (AvgIpc) is 2.88. The molecule has 0 spiro atoms. The predicted octanol–water partition coefficient (Wildman–Crippen LogP) is 8.98. The summed E-state index contributed by atoms with van der Waals surface area (Å²) in [7, 11) is -15.4. The van der Waals surface area contributed by atoms with E-state index in [4.69, 9.17) is 0 Å². The molecule has 42 heavy (non-hydrogen) atoms. The maximum Gasteiger partial charge on any atom is 0.412 e. The fourth-order valence-corrected chi connectivity index (χ4v) is 14.4. The Balaban J connectivity index is 2.51. The van der Waals surface area contributed by atoms with E-state index in [9.17, 15) is 52.7 Å². The smallest absolute Gasteiger partial charge is 0.297 e. The molecule has 22 heteroatoms. The normalized spacial score (nSPS) is 18.5. The summed E-state index contributed by atoms with van der Waals surface area (Å²) in [5, 5.41) is -0.255. The Morgan fingerprint density at radius 1 is 0.429 bits per heavy atom. The SMILES string of the molecule is FC(F)(F)COP1(OCC(F)(F)F)=NP(OCC(F)(F)F)(OCC(F)(F)F)=NP(c2ccccc2)(c2ccccc2)=N1. The molecule has 0 fully saturated rings. The van der Waals surface area contributed by atoms with Crippen LogP contribution in [0.15, 0.2) is 74.2 Å². The zero-order valence-corrected chi connectivity index (χ0v) is 23.1. The van der Waals surface area contributed by atoms with Crippen LogP contribution < -0.4 is 10.6 Å². The Hall–Kier alpha value is -1.87. The van der Waals surface area contributed by atoms with Crippen LogP contribution >= 0.6 is 22.5 Å². The van der Waals surface area contributed by atoms with Gasteiger partial charge in [-0.3, -0.25) is 18.1 Å². The highest BCUT2D eigenvalue weighted by molar-refractivity contribution is 7.89. The maximum atomic E-state index is 13.3. The molecule has 0 unspecified atom stereocenters. The fraction of sp³-hybridized carbons (Fsp3) is 0.400. The van der Waals surface area contributed by atoms with Gasteiger partial charge in [0, 0.05) is 10.6 Å². The second kappa shape index (κ2) is 12.6. The third-order valence-corrected chi connectivity index (χ3v) is 14.1. The van der Waals surface area contributed by atoms with Gasteiger partial charge in [-0.15, -0.1) is 4.52 Å². The van der Waals surface area contributed by atoms with Crippen LogP contribution in [0.5, 0.6) is 0 Å². The first-order chi connectivity index (χ1) is 19.2. The number of nitrogens with zero attached hydrogens (tertiary/aromatic N) is 3. The Kier molecular flexibility index (Phi) is 10.4. The van der Waals surface area contributed by atoms with E-state index in [1.54, 1.807) is 0 Å². The molecule has 0 atom stereocenters. The van der Waals surface area contributed by atoms with Gasteiger partial charge in [0.15, 0.2) is 26.4 Å². The summed E-state index contributed by atoms with van der Waals surface area (Å²) >= 11 is 0. The molecule has 0 aromatic heterocycles. The van der Waals surface area contributed by atoms with Crippen LogP contribution in [0.1, 0.15) is 0 Å². The molecule has 2 aromatic rings. The Morgan fingerprint density at radius 3 is 1.00 bits per heavy atom. The molecule has 2 aromatic carbocycles. The molecular weight excluding hydrogens is 667 g/mol. The van der Waals surface area contributed by atoms with Gasteiger partial charge in [0.05, 0.1) is 0 Å². The second-order valence-corrected chi connectivity index (χ2v) is 15.5. The highest BCUT2D eigenvalue weighted by Crippen LogP contribution is 2.79. The summed E-state index contributed by atoms with van der Waals surface area (Å²) in [4.78, 5) is 0. The Morgan fingerprint density at radius 2 is 0.714 bits per heavy atom. The third kappa shape index (κ3) is 10.1. The van der Waals surface area contributed by atoms with E-state index in [0.717, 1.165) is 0 Å². The van der Waals surface area contributed by atoms with Crippen LogP contribution in [0, 0.1) is 0 Å². The third-order valence-electron chi connectivity index (χ3n) is 4.53. The lowest BCUT2D eigenvalue weighted by Gasteiger charge is -2.35. The van der Waals surface area contributed by atoms with Crippen molar-refractivity contribution < 1.29 is 70.8 Å². The number of halogens is 12. The first-order valence-corrected chi connectivity index (χ1v) is 15.8. The van der Waals surface area contributed by atoms with E-state index >= 15 is 0 Å². The second-order valence-electron chi connectivity index (χ2n) is 8.08. The Bertz CT molecular complexity index is 1250. The number of alkyl halides is 12.